The number of rotatable bonds is 10. The zero-order valence-corrected chi connectivity index (χ0v) is 27.1. The van der Waals surface area contributed by atoms with Gasteiger partial charge in [-0.05, 0) is 55.3 Å². The van der Waals surface area contributed by atoms with Gasteiger partial charge in [-0.3, -0.25) is 9.69 Å². The number of methoxy groups -OCH3 is 1. The molecule has 2 heterocycles. The molecule has 1 aliphatic heterocycles. The lowest BCUT2D eigenvalue weighted by molar-refractivity contribution is -0.175. The topological polar surface area (TPSA) is 112 Å². The summed E-state index contributed by atoms with van der Waals surface area (Å²) in [6, 6.07) is 7.79. The zero-order chi connectivity index (χ0) is 28.6. The molecule has 3 rings (SSSR count). The Morgan fingerprint density at radius 1 is 1.18 bits per heavy atom. The SMILES string of the molecule is COC(=O)/C(=C(/C)OS(C)(=O)=O)N1C(=O)C([C@@](C)(O[Si](C)C)C(C)(C)C)C1SSc1nc2ccccc2s1. The van der Waals surface area contributed by atoms with Crippen LogP contribution in [-0.4, -0.2) is 63.6 Å². The highest BCUT2D eigenvalue weighted by atomic mass is 33.1. The molecule has 2 aromatic rings. The molecule has 0 spiro atoms. The summed E-state index contributed by atoms with van der Waals surface area (Å²) in [6.45, 7) is 13.3. The second-order valence-electron chi connectivity index (χ2n) is 10.3. The van der Waals surface area contributed by atoms with Gasteiger partial charge in [-0.25, -0.2) is 9.78 Å². The fourth-order valence-electron chi connectivity index (χ4n) is 4.17. The highest BCUT2D eigenvalue weighted by Gasteiger charge is 2.63. The Hall–Kier alpha value is -1.58. The van der Waals surface area contributed by atoms with Crippen LogP contribution < -0.4 is 0 Å². The van der Waals surface area contributed by atoms with E-state index in [-0.39, 0.29) is 17.4 Å². The third-order valence-corrected chi connectivity index (χ3v) is 11.7. The van der Waals surface area contributed by atoms with Crippen LogP contribution in [0.15, 0.2) is 40.1 Å². The molecule has 1 amide bonds. The largest absolute Gasteiger partial charge is 0.464 e. The van der Waals surface area contributed by atoms with Crippen LogP contribution >= 0.6 is 32.9 Å². The van der Waals surface area contributed by atoms with Crippen molar-refractivity contribution >= 4 is 74.2 Å². The Balaban J connectivity index is 2.09. The number of β-lactam (4-membered cyclic amide) rings is 1. The Kier molecular flexibility index (Phi) is 9.36. The molecule has 14 heteroatoms. The molecule has 9 nitrogen and oxygen atoms in total. The van der Waals surface area contributed by atoms with Gasteiger partial charge in [-0.2, -0.15) is 8.42 Å². The van der Waals surface area contributed by atoms with E-state index in [1.165, 1.54) is 51.9 Å². The summed E-state index contributed by atoms with van der Waals surface area (Å²) in [5, 5.41) is -0.600. The summed E-state index contributed by atoms with van der Waals surface area (Å²) in [5.41, 5.74) is -0.694. The molecule has 1 aromatic heterocycles. The first-order valence-electron chi connectivity index (χ1n) is 11.7. The van der Waals surface area contributed by atoms with Gasteiger partial charge in [-0.15, -0.1) is 11.3 Å². The number of para-hydroxylation sites is 1. The molecule has 1 aromatic carbocycles. The molecule has 1 aliphatic rings. The molecule has 1 saturated heterocycles. The third kappa shape index (κ3) is 6.41. The summed E-state index contributed by atoms with van der Waals surface area (Å²) in [5.74, 6) is -2.12. The van der Waals surface area contributed by atoms with E-state index in [1.807, 2.05) is 65.1 Å². The van der Waals surface area contributed by atoms with Gasteiger partial charge in [0.15, 0.2) is 10.0 Å². The number of fused-ring (bicyclic) bond motifs is 1. The minimum Gasteiger partial charge on any atom is -0.464 e. The number of thiazole rings is 1. The van der Waals surface area contributed by atoms with E-state index in [0.29, 0.717) is 0 Å². The van der Waals surface area contributed by atoms with Gasteiger partial charge in [0.05, 0.1) is 35.1 Å². The number of likely N-dealkylation sites (tertiary alicyclic amines) is 1. The number of hydrogen-bond donors (Lipinski definition) is 0. The molecule has 3 atom stereocenters. The quantitative estimate of drug-likeness (QED) is 0.0664. The van der Waals surface area contributed by atoms with Gasteiger partial charge < -0.3 is 13.3 Å². The summed E-state index contributed by atoms with van der Waals surface area (Å²) >= 11 is 1.53. The van der Waals surface area contributed by atoms with Crippen LogP contribution in [0.4, 0.5) is 0 Å². The van der Waals surface area contributed by atoms with Gasteiger partial charge in [0.2, 0.25) is 14.9 Å². The van der Waals surface area contributed by atoms with Crippen molar-refractivity contribution in [3.8, 4) is 0 Å². The number of allylic oxidation sites excluding steroid dienone is 1. The number of hydrogen-bond acceptors (Lipinski definition) is 11. The number of aromatic nitrogens is 1. The Morgan fingerprint density at radius 2 is 1.82 bits per heavy atom. The van der Waals surface area contributed by atoms with Crippen LogP contribution in [-0.2, 0) is 33.1 Å². The average Bonchev–Trinajstić information content (AvgIpc) is 3.19. The summed E-state index contributed by atoms with van der Waals surface area (Å²) in [7, 11) is -1.25. The van der Waals surface area contributed by atoms with Crippen LogP contribution in [0, 0.1) is 11.3 Å². The smallest absolute Gasteiger partial charge is 0.358 e. The highest BCUT2D eigenvalue weighted by molar-refractivity contribution is 8.77. The maximum atomic E-state index is 13.9. The van der Waals surface area contributed by atoms with E-state index in [9.17, 15) is 18.0 Å². The molecule has 0 N–H and O–H groups in total. The minimum atomic E-state index is -3.96. The molecule has 0 saturated carbocycles. The van der Waals surface area contributed by atoms with Crippen LogP contribution in [0.3, 0.4) is 0 Å². The molecule has 209 valence electrons. The van der Waals surface area contributed by atoms with Gasteiger partial charge in [-0.1, -0.05) is 43.7 Å². The van der Waals surface area contributed by atoms with Crippen molar-refractivity contribution in [3.63, 3.8) is 0 Å². The molecule has 2 unspecified atom stereocenters. The summed E-state index contributed by atoms with van der Waals surface area (Å²) in [6.07, 6.45) is 0.873. The minimum absolute atomic E-state index is 0.240. The first-order valence-corrected chi connectivity index (χ1v) is 19.0. The lowest BCUT2D eigenvalue weighted by Gasteiger charge is -2.57. The Morgan fingerprint density at radius 3 is 2.34 bits per heavy atom. The normalized spacial score (nSPS) is 20.7. The van der Waals surface area contributed by atoms with Crippen molar-refractivity contribution in [2.75, 3.05) is 13.4 Å². The van der Waals surface area contributed by atoms with Crippen LogP contribution in [0.1, 0.15) is 34.6 Å². The number of benzene rings is 1. The van der Waals surface area contributed by atoms with Gasteiger partial charge in [0, 0.05) is 0 Å². The molecule has 1 fully saturated rings. The molecular formula is C24H33N2O7S4Si. The standard InChI is InChI=1S/C24H33N2O7S4Si/c1-14(32-37(7,29)30)18(21(28)31-6)26-19(27)17(24(5,23(2,3)4)33-38(8)9)20(26)35-36-22-25-15-12-10-11-13-16(15)34-22/h10-13,17,20H,1-9H3/b18-14+/t17?,20?,24-/m1/s1. The van der Waals surface area contributed by atoms with Gasteiger partial charge >= 0.3 is 16.1 Å². The van der Waals surface area contributed by atoms with Crippen molar-refractivity contribution in [3.05, 3.63) is 35.7 Å². The zero-order valence-electron chi connectivity index (χ0n) is 22.8. The second-order valence-corrected chi connectivity index (χ2v) is 17.4. The number of carbonyl (C=O) groups excluding carboxylic acids is 2. The molecule has 38 heavy (non-hydrogen) atoms. The Labute approximate surface area is 237 Å². The first-order chi connectivity index (χ1) is 17.5. The second kappa shape index (κ2) is 11.5. The van der Waals surface area contributed by atoms with Gasteiger partial charge in [0.1, 0.15) is 11.1 Å². The first kappa shape index (κ1) is 31.0. The predicted molar refractivity (Wildman–Crippen MR) is 154 cm³/mol. The van der Waals surface area contributed by atoms with Crippen molar-refractivity contribution in [2.24, 2.45) is 11.3 Å². The number of amides is 1. The average molecular weight is 618 g/mol. The molecule has 0 aliphatic carbocycles. The molecule has 0 bridgehead atoms. The van der Waals surface area contributed by atoms with Crippen molar-refractivity contribution in [1.82, 2.24) is 9.88 Å². The van der Waals surface area contributed by atoms with E-state index >= 15 is 0 Å². The van der Waals surface area contributed by atoms with E-state index in [1.54, 1.807) is 0 Å². The number of nitrogens with zero attached hydrogens (tertiary/aromatic N) is 2. The number of esters is 1. The van der Waals surface area contributed by atoms with E-state index in [4.69, 9.17) is 13.3 Å². The maximum Gasteiger partial charge on any atom is 0.358 e. The van der Waals surface area contributed by atoms with Crippen molar-refractivity contribution in [1.29, 1.82) is 0 Å². The van der Waals surface area contributed by atoms with Crippen LogP contribution in [0.25, 0.3) is 10.2 Å². The summed E-state index contributed by atoms with van der Waals surface area (Å²) < 4.78 is 42.1. The number of ether oxygens (including phenoxy) is 1. The van der Waals surface area contributed by atoms with Crippen molar-refractivity contribution < 1.29 is 31.4 Å². The van der Waals surface area contributed by atoms with Crippen LogP contribution in [0.5, 0.6) is 0 Å². The lowest BCUT2D eigenvalue weighted by Crippen LogP contribution is -2.70. The summed E-state index contributed by atoms with van der Waals surface area (Å²) in [4.78, 5) is 32.7. The van der Waals surface area contributed by atoms with Crippen LogP contribution in [0.2, 0.25) is 13.1 Å². The van der Waals surface area contributed by atoms with E-state index in [2.05, 4.69) is 4.98 Å². The van der Waals surface area contributed by atoms with Crippen molar-refractivity contribution in [2.45, 2.75) is 63.0 Å². The van der Waals surface area contributed by atoms with E-state index < -0.39 is 47.4 Å². The lowest BCUT2D eigenvalue weighted by atomic mass is 9.66. The predicted octanol–water partition coefficient (Wildman–Crippen LogP) is 5.27. The number of carbonyl (C=O) groups is 2. The fraction of sp³-hybridized carbons (Fsp3) is 0.542. The molecule has 1 radical (unpaired) electrons. The van der Waals surface area contributed by atoms with Gasteiger partial charge in [0.25, 0.3) is 0 Å². The molecular weight excluding hydrogens is 585 g/mol. The third-order valence-electron chi connectivity index (χ3n) is 6.26. The highest BCUT2D eigenvalue weighted by Crippen LogP contribution is 2.55. The van der Waals surface area contributed by atoms with E-state index in [0.717, 1.165) is 20.8 Å². The monoisotopic (exact) mass is 617 g/mol. The Bertz CT molecular complexity index is 1320. The maximum absolute atomic E-state index is 13.9. The fourth-order valence-corrected chi connectivity index (χ4v) is 10.1.